The lowest BCUT2D eigenvalue weighted by atomic mass is 9.73. The Morgan fingerprint density at radius 2 is 1.58 bits per heavy atom. The highest BCUT2D eigenvalue weighted by molar-refractivity contribution is 6.63. The van der Waals surface area contributed by atoms with Crippen LogP contribution in [0.4, 0.5) is 0 Å². The van der Waals surface area contributed by atoms with E-state index in [1.165, 1.54) is 5.56 Å². The van der Waals surface area contributed by atoms with Crippen LogP contribution in [0, 0.1) is 0 Å². The molecular weight excluding hydrogens is 258 g/mol. The Balaban J connectivity index is 2.41. The molecule has 1 heterocycles. The highest BCUT2D eigenvalue weighted by Gasteiger charge is 2.52. The van der Waals surface area contributed by atoms with Crippen LogP contribution in [0.15, 0.2) is 18.2 Å². The van der Waals surface area contributed by atoms with Crippen molar-refractivity contribution in [2.75, 3.05) is 0 Å². The van der Waals surface area contributed by atoms with Gasteiger partial charge >= 0.3 is 7.12 Å². The molecule has 2 nitrogen and oxygen atoms in total. The Morgan fingerprint density at radius 3 is 2.05 bits per heavy atom. The third-order valence-corrected chi connectivity index (χ3v) is 4.41. The van der Waals surface area contributed by atoms with Crippen molar-refractivity contribution < 1.29 is 9.31 Å². The standard InChI is InChI=1S/C15H22BClO2/c1-10(2)12-8-7-11(17)9-13(12)16-18-14(3,4)15(5,6)19-16/h7-10H,1-6H3. The van der Waals surface area contributed by atoms with Crippen LogP contribution in [-0.2, 0) is 9.31 Å². The minimum Gasteiger partial charge on any atom is -0.399 e. The van der Waals surface area contributed by atoms with Crippen molar-refractivity contribution in [3.63, 3.8) is 0 Å². The quantitative estimate of drug-likeness (QED) is 0.768. The second-order valence-electron chi connectivity index (χ2n) is 6.52. The normalized spacial score (nSPS) is 21.2. The molecule has 0 bridgehead atoms. The first kappa shape index (κ1) is 14.9. The van der Waals surface area contributed by atoms with Gasteiger partial charge in [0.05, 0.1) is 11.2 Å². The van der Waals surface area contributed by atoms with E-state index in [0.717, 1.165) is 5.46 Å². The lowest BCUT2D eigenvalue weighted by molar-refractivity contribution is 0.00578. The van der Waals surface area contributed by atoms with Gasteiger partial charge in [0.25, 0.3) is 0 Å². The van der Waals surface area contributed by atoms with Gasteiger partial charge in [0.2, 0.25) is 0 Å². The number of benzene rings is 1. The molecule has 1 aromatic rings. The SMILES string of the molecule is CC(C)c1ccc(Cl)cc1B1OC(C)(C)C(C)(C)O1. The Labute approximate surface area is 121 Å². The van der Waals surface area contributed by atoms with Crippen LogP contribution in [0.2, 0.25) is 5.02 Å². The van der Waals surface area contributed by atoms with Crippen LogP contribution in [-0.4, -0.2) is 18.3 Å². The lowest BCUT2D eigenvalue weighted by Gasteiger charge is -2.32. The summed E-state index contributed by atoms with van der Waals surface area (Å²) >= 11 is 6.13. The van der Waals surface area contributed by atoms with E-state index in [9.17, 15) is 0 Å². The van der Waals surface area contributed by atoms with Crippen LogP contribution in [0.3, 0.4) is 0 Å². The van der Waals surface area contributed by atoms with Crippen LogP contribution < -0.4 is 5.46 Å². The van der Waals surface area contributed by atoms with E-state index in [2.05, 4.69) is 47.6 Å². The second-order valence-corrected chi connectivity index (χ2v) is 6.95. The molecule has 0 radical (unpaired) electrons. The summed E-state index contributed by atoms with van der Waals surface area (Å²) in [4.78, 5) is 0. The molecule has 0 amide bonds. The first-order chi connectivity index (χ1) is 8.64. The molecule has 0 saturated carbocycles. The van der Waals surface area contributed by atoms with Gasteiger partial charge in [-0.15, -0.1) is 0 Å². The maximum atomic E-state index is 6.13. The van der Waals surface area contributed by atoms with Gasteiger partial charge in [-0.1, -0.05) is 31.5 Å². The molecule has 0 spiro atoms. The average Bonchev–Trinajstić information content (AvgIpc) is 2.47. The molecule has 2 rings (SSSR count). The average molecular weight is 281 g/mol. The van der Waals surface area contributed by atoms with Gasteiger partial charge in [0.15, 0.2) is 0 Å². The Hall–Kier alpha value is -0.505. The molecule has 104 valence electrons. The van der Waals surface area contributed by atoms with Crippen LogP contribution >= 0.6 is 11.6 Å². The molecule has 1 aromatic carbocycles. The summed E-state index contributed by atoms with van der Waals surface area (Å²) in [5.74, 6) is 0.409. The highest BCUT2D eigenvalue weighted by Crippen LogP contribution is 2.37. The summed E-state index contributed by atoms with van der Waals surface area (Å²) in [5, 5.41) is 0.717. The minimum atomic E-state index is -0.346. The zero-order valence-corrected chi connectivity index (χ0v) is 13.3. The van der Waals surface area contributed by atoms with Crippen molar-refractivity contribution in [3.05, 3.63) is 28.8 Å². The summed E-state index contributed by atoms with van der Waals surface area (Å²) in [6.07, 6.45) is 0. The maximum Gasteiger partial charge on any atom is 0.495 e. The van der Waals surface area contributed by atoms with Crippen molar-refractivity contribution in [1.82, 2.24) is 0 Å². The van der Waals surface area contributed by atoms with E-state index in [4.69, 9.17) is 20.9 Å². The van der Waals surface area contributed by atoms with Crippen molar-refractivity contribution in [1.29, 1.82) is 0 Å². The Bertz CT molecular complexity index is 467. The number of rotatable bonds is 2. The predicted molar refractivity (Wildman–Crippen MR) is 81.3 cm³/mol. The summed E-state index contributed by atoms with van der Waals surface area (Å²) < 4.78 is 12.2. The molecule has 1 aliphatic rings. The molecule has 1 fully saturated rings. The van der Waals surface area contributed by atoms with E-state index in [1.54, 1.807) is 0 Å². The van der Waals surface area contributed by atoms with Crippen LogP contribution in [0.25, 0.3) is 0 Å². The molecule has 19 heavy (non-hydrogen) atoms. The monoisotopic (exact) mass is 280 g/mol. The van der Waals surface area contributed by atoms with Crippen LogP contribution in [0.1, 0.15) is 53.0 Å². The van der Waals surface area contributed by atoms with Gasteiger partial charge in [0, 0.05) is 5.02 Å². The molecule has 0 atom stereocenters. The van der Waals surface area contributed by atoms with Gasteiger partial charge in [-0.05, 0) is 56.8 Å². The number of halogens is 1. The van der Waals surface area contributed by atoms with E-state index in [1.807, 2.05) is 12.1 Å². The van der Waals surface area contributed by atoms with Gasteiger partial charge in [-0.2, -0.15) is 0 Å². The lowest BCUT2D eigenvalue weighted by Crippen LogP contribution is -2.41. The molecule has 0 N–H and O–H groups in total. The molecular formula is C15H22BClO2. The van der Waals surface area contributed by atoms with Gasteiger partial charge in [-0.3, -0.25) is 0 Å². The van der Waals surface area contributed by atoms with E-state index >= 15 is 0 Å². The molecule has 1 aliphatic heterocycles. The highest BCUT2D eigenvalue weighted by atomic mass is 35.5. The van der Waals surface area contributed by atoms with E-state index < -0.39 is 0 Å². The first-order valence-corrected chi connectivity index (χ1v) is 7.17. The zero-order chi connectivity index (χ0) is 14.4. The van der Waals surface area contributed by atoms with Crippen molar-refractivity contribution in [3.8, 4) is 0 Å². The van der Waals surface area contributed by atoms with Crippen molar-refractivity contribution >= 4 is 24.2 Å². The third-order valence-electron chi connectivity index (χ3n) is 4.18. The topological polar surface area (TPSA) is 18.5 Å². The summed E-state index contributed by atoms with van der Waals surface area (Å²) in [6.45, 7) is 12.6. The fourth-order valence-corrected chi connectivity index (χ4v) is 2.43. The number of hydrogen-bond acceptors (Lipinski definition) is 2. The van der Waals surface area contributed by atoms with Crippen molar-refractivity contribution in [2.24, 2.45) is 0 Å². The maximum absolute atomic E-state index is 6.13. The smallest absolute Gasteiger partial charge is 0.399 e. The second kappa shape index (κ2) is 4.80. The molecule has 0 unspecified atom stereocenters. The molecule has 0 aromatic heterocycles. The summed E-state index contributed by atoms with van der Waals surface area (Å²) in [5.41, 5.74) is 1.62. The minimum absolute atomic E-state index is 0.325. The Kier molecular flexibility index (Phi) is 3.76. The molecule has 0 aliphatic carbocycles. The summed E-state index contributed by atoms with van der Waals surface area (Å²) in [7, 11) is -0.346. The van der Waals surface area contributed by atoms with E-state index in [-0.39, 0.29) is 18.3 Å². The number of hydrogen-bond donors (Lipinski definition) is 0. The third kappa shape index (κ3) is 2.69. The fourth-order valence-electron chi connectivity index (χ4n) is 2.25. The summed E-state index contributed by atoms with van der Waals surface area (Å²) in [6, 6.07) is 5.94. The van der Waals surface area contributed by atoms with Gasteiger partial charge in [-0.25, -0.2) is 0 Å². The molecule has 4 heteroatoms. The van der Waals surface area contributed by atoms with Gasteiger partial charge < -0.3 is 9.31 Å². The van der Waals surface area contributed by atoms with Crippen molar-refractivity contribution in [2.45, 2.75) is 58.7 Å². The predicted octanol–water partition coefficient (Wildman–Crippen LogP) is 3.76. The zero-order valence-electron chi connectivity index (χ0n) is 12.6. The Morgan fingerprint density at radius 1 is 1.05 bits per heavy atom. The molecule has 1 saturated heterocycles. The first-order valence-electron chi connectivity index (χ1n) is 6.79. The largest absolute Gasteiger partial charge is 0.495 e. The fraction of sp³-hybridized carbons (Fsp3) is 0.600. The van der Waals surface area contributed by atoms with Crippen LogP contribution in [0.5, 0.6) is 0 Å². The van der Waals surface area contributed by atoms with E-state index in [0.29, 0.717) is 10.9 Å². The van der Waals surface area contributed by atoms with Gasteiger partial charge in [0.1, 0.15) is 0 Å².